The quantitative estimate of drug-likeness (QED) is 0.186. The third kappa shape index (κ3) is 5.37. The number of nitrogens with two attached hydrogens (primary N) is 1. The van der Waals surface area contributed by atoms with Gasteiger partial charge in [-0.15, -0.1) is 22.7 Å². The lowest BCUT2D eigenvalue weighted by molar-refractivity contribution is 0.0380. The molecule has 0 fully saturated rings. The molecule has 42 heavy (non-hydrogen) atoms. The van der Waals surface area contributed by atoms with Gasteiger partial charge in [-0.2, -0.15) is 0 Å². The molecular formula is C33H31N3O4S2. The van der Waals surface area contributed by atoms with Crippen molar-refractivity contribution in [1.82, 2.24) is 4.98 Å². The highest BCUT2D eigenvalue weighted by molar-refractivity contribution is 7.21. The van der Waals surface area contributed by atoms with Crippen LogP contribution in [-0.2, 0) is 17.6 Å². The van der Waals surface area contributed by atoms with Crippen molar-refractivity contribution in [1.29, 1.82) is 0 Å². The van der Waals surface area contributed by atoms with Crippen molar-refractivity contribution < 1.29 is 19.1 Å². The standard InChI is InChI=1S/C33H31N3O4S2/c1-18(2)40-33(38)27-25(20-9-12-23(39-3)13-10-20)17-41-32(27)36-30(37)29-28(34)24-16-22-15-21(19-7-5-4-6-8-19)11-14-26(22)35-31(24)42-29/h4-10,12-13,16-18,21H,11,14-15,34H2,1-3H3,(H,36,37). The van der Waals surface area contributed by atoms with E-state index in [1.807, 2.05) is 35.7 Å². The Labute approximate surface area is 252 Å². The lowest BCUT2D eigenvalue weighted by Gasteiger charge is -2.24. The molecule has 3 N–H and O–H groups in total. The van der Waals surface area contributed by atoms with Crippen LogP contribution < -0.4 is 15.8 Å². The SMILES string of the molecule is COc1ccc(-c2csc(NC(=O)c3sc4nc5c(cc4c3N)CC(c3ccccc3)CC5)c2C(=O)OC(C)C)cc1. The molecule has 1 unspecified atom stereocenters. The summed E-state index contributed by atoms with van der Waals surface area (Å²) in [4.78, 5) is 32.9. The van der Waals surface area contributed by atoms with Crippen molar-refractivity contribution in [2.75, 3.05) is 18.2 Å². The van der Waals surface area contributed by atoms with Gasteiger partial charge in [0, 0.05) is 22.0 Å². The topological polar surface area (TPSA) is 104 Å². The number of pyridine rings is 1. The number of hydrogen-bond donors (Lipinski definition) is 2. The Morgan fingerprint density at radius 1 is 1.10 bits per heavy atom. The summed E-state index contributed by atoms with van der Waals surface area (Å²) in [6.45, 7) is 3.59. The van der Waals surface area contributed by atoms with Gasteiger partial charge in [-0.1, -0.05) is 42.5 Å². The predicted molar refractivity (Wildman–Crippen MR) is 170 cm³/mol. The van der Waals surface area contributed by atoms with Crippen LogP contribution in [-0.4, -0.2) is 30.1 Å². The lowest BCUT2D eigenvalue weighted by Crippen LogP contribution is -2.16. The number of methoxy groups -OCH3 is 1. The molecule has 2 aromatic carbocycles. The summed E-state index contributed by atoms with van der Waals surface area (Å²) in [7, 11) is 1.60. The summed E-state index contributed by atoms with van der Waals surface area (Å²) in [6.07, 6.45) is 2.49. The van der Waals surface area contributed by atoms with Crippen LogP contribution in [0.1, 0.15) is 63.0 Å². The van der Waals surface area contributed by atoms with Crippen molar-refractivity contribution in [2.24, 2.45) is 0 Å². The van der Waals surface area contributed by atoms with Crippen molar-refractivity contribution in [3.8, 4) is 16.9 Å². The Kier molecular flexibility index (Phi) is 7.70. The summed E-state index contributed by atoms with van der Waals surface area (Å²) in [6, 6.07) is 20.1. The number of ether oxygens (including phenoxy) is 2. The van der Waals surface area contributed by atoms with E-state index in [0.717, 1.165) is 40.7 Å². The molecule has 0 spiro atoms. The summed E-state index contributed by atoms with van der Waals surface area (Å²) in [5.74, 6) is 0.264. The average Bonchev–Trinajstić information content (AvgIpc) is 3.56. The van der Waals surface area contributed by atoms with Gasteiger partial charge >= 0.3 is 5.97 Å². The lowest BCUT2D eigenvalue weighted by atomic mass is 9.82. The van der Waals surface area contributed by atoms with E-state index >= 15 is 0 Å². The number of fused-ring (bicyclic) bond motifs is 2. The van der Waals surface area contributed by atoms with Gasteiger partial charge in [0.1, 0.15) is 26.0 Å². The van der Waals surface area contributed by atoms with Crippen molar-refractivity contribution in [2.45, 2.75) is 45.1 Å². The molecule has 1 atom stereocenters. The maximum Gasteiger partial charge on any atom is 0.342 e. The van der Waals surface area contributed by atoms with Gasteiger partial charge in [0.2, 0.25) is 0 Å². The minimum absolute atomic E-state index is 0.312. The second kappa shape index (κ2) is 11.6. The largest absolute Gasteiger partial charge is 0.497 e. The molecule has 0 radical (unpaired) electrons. The fraction of sp³-hybridized carbons (Fsp3) is 0.242. The van der Waals surface area contributed by atoms with E-state index in [1.165, 1.54) is 33.8 Å². The number of hydrogen-bond acceptors (Lipinski definition) is 8. The van der Waals surface area contributed by atoms with Crippen molar-refractivity contribution >= 4 is 55.5 Å². The molecule has 6 rings (SSSR count). The molecule has 9 heteroatoms. The molecule has 3 heterocycles. The number of nitrogens with one attached hydrogen (secondary N) is 1. The molecule has 0 aliphatic heterocycles. The van der Waals surface area contributed by atoms with Gasteiger partial charge in [-0.05, 0) is 73.9 Å². The zero-order valence-electron chi connectivity index (χ0n) is 23.6. The number of aryl methyl sites for hydroxylation is 1. The smallest absolute Gasteiger partial charge is 0.342 e. The number of benzene rings is 2. The zero-order chi connectivity index (χ0) is 29.4. The summed E-state index contributed by atoms with van der Waals surface area (Å²) < 4.78 is 10.8. The second-order valence-electron chi connectivity index (χ2n) is 10.6. The monoisotopic (exact) mass is 597 g/mol. The van der Waals surface area contributed by atoms with E-state index in [2.05, 4.69) is 35.6 Å². The van der Waals surface area contributed by atoms with Crippen LogP contribution in [0.4, 0.5) is 10.7 Å². The number of nitrogen functional groups attached to an aromatic ring is 1. The van der Waals surface area contributed by atoms with Gasteiger partial charge in [0.25, 0.3) is 5.91 Å². The molecule has 1 aliphatic carbocycles. The Bertz CT molecular complexity index is 1770. The molecule has 5 aromatic rings. The third-order valence-corrected chi connectivity index (χ3v) is 9.54. The first kappa shape index (κ1) is 27.9. The fourth-order valence-corrected chi connectivity index (χ4v) is 7.38. The molecule has 7 nitrogen and oxygen atoms in total. The third-order valence-electron chi connectivity index (χ3n) is 7.53. The van der Waals surface area contributed by atoms with E-state index < -0.39 is 5.97 Å². The number of carbonyl (C=O) groups excluding carboxylic acids is 2. The van der Waals surface area contributed by atoms with Gasteiger partial charge in [0.15, 0.2) is 0 Å². The van der Waals surface area contributed by atoms with Crippen molar-refractivity contribution in [3.63, 3.8) is 0 Å². The van der Waals surface area contributed by atoms with E-state index in [4.69, 9.17) is 20.2 Å². The normalized spacial score (nSPS) is 14.5. The van der Waals surface area contributed by atoms with E-state index in [-0.39, 0.29) is 12.0 Å². The Hall–Kier alpha value is -4.21. The second-order valence-corrected chi connectivity index (χ2v) is 12.5. The molecule has 0 bridgehead atoms. The van der Waals surface area contributed by atoms with E-state index in [1.54, 1.807) is 21.0 Å². The van der Waals surface area contributed by atoms with Crippen LogP contribution in [0.2, 0.25) is 0 Å². The maximum absolute atomic E-state index is 13.6. The number of thiophene rings is 2. The van der Waals surface area contributed by atoms with Gasteiger partial charge < -0.3 is 20.5 Å². The van der Waals surface area contributed by atoms with Gasteiger partial charge in [-0.3, -0.25) is 4.79 Å². The van der Waals surface area contributed by atoms with Crippen LogP contribution in [0.25, 0.3) is 21.3 Å². The van der Waals surface area contributed by atoms with Crippen LogP contribution in [0, 0.1) is 0 Å². The van der Waals surface area contributed by atoms with E-state index in [0.29, 0.717) is 38.4 Å². The van der Waals surface area contributed by atoms with Crippen molar-refractivity contribution in [3.05, 3.63) is 93.3 Å². The highest BCUT2D eigenvalue weighted by Gasteiger charge is 2.27. The van der Waals surface area contributed by atoms with Crippen LogP contribution in [0.15, 0.2) is 66.0 Å². The molecule has 0 saturated heterocycles. The predicted octanol–water partition coefficient (Wildman–Crippen LogP) is 7.71. The Balaban J connectivity index is 1.31. The maximum atomic E-state index is 13.6. The summed E-state index contributed by atoms with van der Waals surface area (Å²) in [5.41, 5.74) is 12.4. The van der Waals surface area contributed by atoms with Gasteiger partial charge in [0.05, 0.1) is 18.9 Å². The number of amides is 1. The first-order chi connectivity index (χ1) is 20.3. The first-order valence-corrected chi connectivity index (χ1v) is 15.6. The zero-order valence-corrected chi connectivity index (χ0v) is 25.2. The van der Waals surface area contributed by atoms with Gasteiger partial charge in [-0.25, -0.2) is 9.78 Å². The highest BCUT2D eigenvalue weighted by Crippen LogP contribution is 2.41. The summed E-state index contributed by atoms with van der Waals surface area (Å²) in [5, 5.41) is 6.00. The molecule has 0 saturated carbocycles. The summed E-state index contributed by atoms with van der Waals surface area (Å²) >= 11 is 2.55. The molecule has 1 aliphatic rings. The molecule has 1 amide bonds. The minimum atomic E-state index is -0.501. The number of nitrogens with zero attached hydrogens (tertiary/aromatic N) is 1. The van der Waals surface area contributed by atoms with Crippen LogP contribution in [0.3, 0.4) is 0 Å². The average molecular weight is 598 g/mol. The number of esters is 1. The van der Waals surface area contributed by atoms with Crippen LogP contribution >= 0.6 is 22.7 Å². The van der Waals surface area contributed by atoms with Crippen LogP contribution in [0.5, 0.6) is 5.75 Å². The molecule has 3 aromatic heterocycles. The molecular weight excluding hydrogens is 567 g/mol. The number of aromatic nitrogens is 1. The number of anilines is 2. The fourth-order valence-electron chi connectivity index (χ4n) is 5.44. The first-order valence-electron chi connectivity index (χ1n) is 13.9. The number of carbonyl (C=O) groups is 2. The Morgan fingerprint density at radius 3 is 2.57 bits per heavy atom. The number of rotatable bonds is 7. The Morgan fingerprint density at radius 2 is 1.86 bits per heavy atom. The van der Waals surface area contributed by atoms with E-state index in [9.17, 15) is 9.59 Å². The highest BCUT2D eigenvalue weighted by atomic mass is 32.1. The minimum Gasteiger partial charge on any atom is -0.497 e. The molecule has 214 valence electrons.